The van der Waals surface area contributed by atoms with Crippen molar-refractivity contribution in [1.29, 1.82) is 0 Å². The molecule has 1 aromatic heterocycles. The molecule has 2 aromatic rings. The summed E-state index contributed by atoms with van der Waals surface area (Å²) in [7, 11) is -1.47. The Hall–Kier alpha value is -0.910. The molecular weight excluding hydrogens is 534 g/mol. The molecule has 0 bridgehead atoms. The lowest BCUT2D eigenvalue weighted by atomic mass is 10.3. The van der Waals surface area contributed by atoms with E-state index in [1.54, 1.807) is 16.4 Å². The lowest BCUT2D eigenvalue weighted by molar-refractivity contribution is 0.287. The Labute approximate surface area is 190 Å². The standard InChI is InChI=1S/C18H19Cl2IN4O2S/c1-2-18(26)28(27)25-8-6-24(7-9-25)17-5-3-4-16(23-17)22-15-11-13(20)12(19)10-14(15)21/h2-5,10-11,18,26H,1,6-9H2,(H,22,23). The topological polar surface area (TPSA) is 68.7 Å². The normalized spacial score (nSPS) is 17.2. The van der Waals surface area contributed by atoms with Crippen molar-refractivity contribution in [3.05, 3.63) is 56.6 Å². The SMILES string of the molecule is C=CC(O)S(=O)N1CCN(c2cccc(Nc3cc(Cl)c(Cl)cc3I)n2)CC1. The van der Waals surface area contributed by atoms with Gasteiger partial charge in [-0.15, -0.1) is 0 Å². The highest BCUT2D eigenvalue weighted by Crippen LogP contribution is 2.31. The molecule has 1 saturated heterocycles. The van der Waals surface area contributed by atoms with Crippen molar-refractivity contribution in [2.45, 2.75) is 5.44 Å². The average molecular weight is 553 g/mol. The van der Waals surface area contributed by atoms with Crippen molar-refractivity contribution >= 4 is 74.1 Å². The van der Waals surface area contributed by atoms with Crippen LogP contribution in [0.1, 0.15) is 0 Å². The van der Waals surface area contributed by atoms with Crippen molar-refractivity contribution in [2.24, 2.45) is 0 Å². The van der Waals surface area contributed by atoms with Gasteiger partial charge in [0.1, 0.15) is 22.6 Å². The molecule has 0 aliphatic carbocycles. The maximum Gasteiger partial charge on any atom is 0.161 e. The average Bonchev–Trinajstić information content (AvgIpc) is 2.71. The lowest BCUT2D eigenvalue weighted by Crippen LogP contribution is -2.48. The van der Waals surface area contributed by atoms with Gasteiger partial charge >= 0.3 is 0 Å². The van der Waals surface area contributed by atoms with E-state index in [2.05, 4.69) is 44.4 Å². The summed E-state index contributed by atoms with van der Waals surface area (Å²) >= 11 is 14.4. The minimum absolute atomic E-state index is 0.478. The number of piperazine rings is 1. The van der Waals surface area contributed by atoms with Crippen LogP contribution in [0.3, 0.4) is 0 Å². The van der Waals surface area contributed by atoms with Crippen molar-refractivity contribution in [1.82, 2.24) is 9.29 Å². The summed E-state index contributed by atoms with van der Waals surface area (Å²) in [6.45, 7) is 5.95. The van der Waals surface area contributed by atoms with Gasteiger partial charge in [0.25, 0.3) is 0 Å². The quantitative estimate of drug-likeness (QED) is 0.322. The second-order valence-electron chi connectivity index (χ2n) is 6.07. The molecule has 28 heavy (non-hydrogen) atoms. The van der Waals surface area contributed by atoms with E-state index in [0.29, 0.717) is 42.0 Å². The highest BCUT2D eigenvalue weighted by atomic mass is 127. The number of aromatic nitrogens is 1. The largest absolute Gasteiger partial charge is 0.375 e. The molecule has 6 nitrogen and oxygen atoms in total. The Bertz CT molecular complexity index is 894. The van der Waals surface area contributed by atoms with Crippen LogP contribution in [0.5, 0.6) is 0 Å². The zero-order valence-electron chi connectivity index (χ0n) is 14.8. The summed E-state index contributed by atoms with van der Waals surface area (Å²) in [4.78, 5) is 6.81. The van der Waals surface area contributed by atoms with Crippen LogP contribution in [0, 0.1) is 3.57 Å². The van der Waals surface area contributed by atoms with Gasteiger partial charge in [-0.2, -0.15) is 0 Å². The van der Waals surface area contributed by atoms with Crippen LogP contribution in [0.15, 0.2) is 43.0 Å². The maximum atomic E-state index is 12.2. The van der Waals surface area contributed by atoms with E-state index >= 15 is 0 Å². The summed E-state index contributed by atoms with van der Waals surface area (Å²) in [6.07, 6.45) is 1.30. The Morgan fingerprint density at radius 2 is 1.93 bits per heavy atom. The first kappa shape index (κ1) is 21.8. The summed E-state index contributed by atoms with van der Waals surface area (Å²) in [5.74, 6) is 1.52. The third-order valence-electron chi connectivity index (χ3n) is 4.23. The van der Waals surface area contributed by atoms with Crippen LogP contribution in [0.25, 0.3) is 0 Å². The fraction of sp³-hybridized carbons (Fsp3) is 0.278. The molecule has 2 heterocycles. The fourth-order valence-electron chi connectivity index (χ4n) is 2.76. The molecule has 0 spiro atoms. The zero-order chi connectivity index (χ0) is 20.3. The van der Waals surface area contributed by atoms with Crippen LogP contribution in [-0.4, -0.2) is 50.2 Å². The summed E-state index contributed by atoms with van der Waals surface area (Å²) in [5.41, 5.74) is -0.204. The number of nitrogens with zero attached hydrogens (tertiary/aromatic N) is 3. The maximum absolute atomic E-state index is 12.2. The molecule has 1 fully saturated rings. The van der Waals surface area contributed by atoms with Crippen LogP contribution in [-0.2, 0) is 11.0 Å². The molecule has 1 aromatic carbocycles. The number of aliphatic hydroxyl groups is 1. The van der Waals surface area contributed by atoms with Gasteiger partial charge in [-0.25, -0.2) is 13.5 Å². The van der Waals surface area contributed by atoms with Crippen molar-refractivity contribution in [3.8, 4) is 0 Å². The van der Waals surface area contributed by atoms with Crippen molar-refractivity contribution in [3.63, 3.8) is 0 Å². The van der Waals surface area contributed by atoms with E-state index in [9.17, 15) is 9.32 Å². The van der Waals surface area contributed by atoms with E-state index in [0.717, 1.165) is 15.1 Å². The van der Waals surface area contributed by atoms with E-state index in [4.69, 9.17) is 23.2 Å². The van der Waals surface area contributed by atoms with Gasteiger partial charge in [-0.3, -0.25) is 0 Å². The molecule has 2 unspecified atom stereocenters. The molecule has 0 amide bonds. The zero-order valence-corrected chi connectivity index (χ0v) is 19.3. The van der Waals surface area contributed by atoms with Gasteiger partial charge in [0.15, 0.2) is 5.44 Å². The Balaban J connectivity index is 1.68. The number of aliphatic hydroxyl groups excluding tert-OH is 1. The van der Waals surface area contributed by atoms with E-state index in [-0.39, 0.29) is 0 Å². The molecule has 0 saturated carbocycles. The van der Waals surface area contributed by atoms with E-state index in [1.807, 2.05) is 18.2 Å². The first-order valence-electron chi connectivity index (χ1n) is 8.49. The van der Waals surface area contributed by atoms with Gasteiger partial charge < -0.3 is 15.3 Å². The third-order valence-corrected chi connectivity index (χ3v) is 7.33. The van der Waals surface area contributed by atoms with E-state index in [1.165, 1.54) is 6.08 Å². The van der Waals surface area contributed by atoms with Crippen LogP contribution in [0.2, 0.25) is 10.0 Å². The Kier molecular flexibility index (Phi) is 7.57. The lowest BCUT2D eigenvalue weighted by Gasteiger charge is -2.35. The Morgan fingerprint density at radius 1 is 1.25 bits per heavy atom. The second kappa shape index (κ2) is 9.73. The number of halogens is 3. The van der Waals surface area contributed by atoms with Crippen LogP contribution in [0.4, 0.5) is 17.3 Å². The predicted molar refractivity (Wildman–Crippen MR) is 125 cm³/mol. The third kappa shape index (κ3) is 5.17. The molecule has 2 N–H and O–H groups in total. The Morgan fingerprint density at radius 3 is 2.61 bits per heavy atom. The molecule has 1 aliphatic heterocycles. The molecular formula is C18H19Cl2IN4O2S. The number of hydrogen-bond donors (Lipinski definition) is 2. The summed E-state index contributed by atoms with van der Waals surface area (Å²) < 4.78 is 14.9. The minimum atomic E-state index is -1.47. The minimum Gasteiger partial charge on any atom is -0.375 e. The van der Waals surface area contributed by atoms with Gasteiger partial charge in [0.05, 0.1) is 15.7 Å². The molecule has 0 radical (unpaired) electrons. The monoisotopic (exact) mass is 552 g/mol. The van der Waals surface area contributed by atoms with Crippen molar-refractivity contribution < 1.29 is 9.32 Å². The molecule has 1 aliphatic rings. The molecule has 3 rings (SSSR count). The van der Waals surface area contributed by atoms with Gasteiger partial charge in [0.2, 0.25) is 0 Å². The molecule has 2 atom stereocenters. The highest BCUT2D eigenvalue weighted by molar-refractivity contribution is 14.1. The summed E-state index contributed by atoms with van der Waals surface area (Å²) in [6, 6.07) is 9.33. The van der Waals surface area contributed by atoms with Gasteiger partial charge in [-0.1, -0.05) is 35.8 Å². The smallest absolute Gasteiger partial charge is 0.161 e. The predicted octanol–water partition coefficient (Wildman–Crippen LogP) is 4.03. The number of benzene rings is 1. The first-order valence-corrected chi connectivity index (χ1v) is 11.5. The van der Waals surface area contributed by atoms with Gasteiger partial charge in [-0.05, 0) is 52.9 Å². The fourth-order valence-corrected chi connectivity index (χ4v) is 4.86. The summed E-state index contributed by atoms with van der Waals surface area (Å²) in [5, 5.41) is 14.0. The van der Waals surface area contributed by atoms with Crippen LogP contribution >= 0.6 is 45.8 Å². The number of anilines is 3. The first-order chi connectivity index (χ1) is 13.4. The number of nitrogens with one attached hydrogen (secondary N) is 1. The number of hydrogen-bond acceptors (Lipinski definition) is 5. The van der Waals surface area contributed by atoms with E-state index < -0.39 is 16.4 Å². The molecule has 10 heteroatoms. The number of pyridine rings is 1. The second-order valence-corrected chi connectivity index (χ2v) is 9.60. The highest BCUT2D eigenvalue weighted by Gasteiger charge is 2.25. The van der Waals surface area contributed by atoms with Gasteiger partial charge in [0, 0.05) is 29.7 Å². The molecule has 150 valence electrons. The van der Waals surface area contributed by atoms with Crippen LogP contribution < -0.4 is 10.2 Å². The van der Waals surface area contributed by atoms with Crippen molar-refractivity contribution in [2.75, 3.05) is 36.4 Å². The number of rotatable bonds is 6.